The summed E-state index contributed by atoms with van der Waals surface area (Å²) in [6, 6.07) is 161. The fraction of sp³-hybridized carbons (Fsp3) is 0. The van der Waals surface area contributed by atoms with Crippen molar-refractivity contribution in [2.24, 2.45) is 0 Å². The highest BCUT2D eigenvalue weighted by Crippen LogP contribution is 2.46. The van der Waals surface area contributed by atoms with Crippen molar-refractivity contribution in [1.29, 1.82) is 0 Å². The SMILES string of the molecule is c1ccc(N(c2ccc(-c3cc(-c4ccc5oc6ccccc6c5c4)cc(-c4ccc5c(c4)c4ccccc4n5-c4ccccc4)c3)cc2)c2ccc3ccccc3c2)cc1.c1ccc(N(c2ccccc2)c2ccc(-c3cc(-c4ccc5oc6ccccc6c5c4)cc(-c4ccc5c(c4)c4ccccc4n5-c4ccccc4)c3)cc2)cc1. The largest absolute Gasteiger partial charge is 0.456 e. The van der Waals surface area contributed by atoms with Crippen molar-refractivity contribution < 1.29 is 8.83 Å². The van der Waals surface area contributed by atoms with Gasteiger partial charge in [-0.1, -0.05) is 243 Å². The Morgan fingerprint density at radius 1 is 0.153 bits per heavy atom. The molecule has 0 saturated heterocycles. The Morgan fingerprint density at radius 3 is 0.847 bits per heavy atom. The van der Waals surface area contributed by atoms with Crippen molar-refractivity contribution in [1.82, 2.24) is 9.13 Å². The van der Waals surface area contributed by atoms with E-state index < -0.39 is 0 Å². The van der Waals surface area contributed by atoms with Gasteiger partial charge in [-0.05, 0) is 284 Å². The molecular formula is C112H74N4O2. The lowest BCUT2D eigenvalue weighted by Crippen LogP contribution is -2.09. The van der Waals surface area contributed by atoms with Crippen LogP contribution in [-0.4, -0.2) is 9.13 Å². The molecule has 0 unspecified atom stereocenters. The number of hydrogen-bond acceptors (Lipinski definition) is 4. The maximum atomic E-state index is 6.25. The van der Waals surface area contributed by atoms with Crippen molar-refractivity contribution in [3.63, 3.8) is 0 Å². The molecule has 554 valence electrons. The van der Waals surface area contributed by atoms with Gasteiger partial charge in [0.25, 0.3) is 0 Å². The first-order valence-corrected chi connectivity index (χ1v) is 40.2. The maximum absolute atomic E-state index is 6.25. The van der Waals surface area contributed by atoms with E-state index >= 15 is 0 Å². The topological polar surface area (TPSA) is 42.6 Å². The van der Waals surface area contributed by atoms with Crippen LogP contribution in [0, 0.1) is 0 Å². The van der Waals surface area contributed by atoms with Crippen molar-refractivity contribution >= 4 is 132 Å². The Balaban J connectivity index is 0.000000143. The van der Waals surface area contributed by atoms with Gasteiger partial charge in [0.15, 0.2) is 0 Å². The van der Waals surface area contributed by atoms with Crippen LogP contribution >= 0.6 is 0 Å². The van der Waals surface area contributed by atoms with Crippen LogP contribution in [0.15, 0.2) is 458 Å². The average Bonchev–Trinajstić information content (AvgIpc) is 1.58. The molecule has 0 spiro atoms. The van der Waals surface area contributed by atoms with Crippen LogP contribution in [0.25, 0.3) is 176 Å². The van der Waals surface area contributed by atoms with E-state index in [1.807, 2.05) is 24.3 Å². The Hall–Kier alpha value is -15.8. The fourth-order valence-electron chi connectivity index (χ4n) is 17.6. The summed E-state index contributed by atoms with van der Waals surface area (Å²) in [6.45, 7) is 0. The summed E-state index contributed by atoms with van der Waals surface area (Å²) in [5.74, 6) is 0. The molecule has 0 aliphatic heterocycles. The minimum atomic E-state index is 0.895. The van der Waals surface area contributed by atoms with E-state index in [9.17, 15) is 0 Å². The summed E-state index contributed by atoms with van der Waals surface area (Å²) >= 11 is 0. The smallest absolute Gasteiger partial charge is 0.135 e. The van der Waals surface area contributed by atoms with Gasteiger partial charge in [-0.3, -0.25) is 0 Å². The molecule has 0 saturated carbocycles. The number of rotatable bonds is 14. The molecule has 23 aromatic rings. The van der Waals surface area contributed by atoms with E-state index in [2.05, 4.69) is 444 Å². The van der Waals surface area contributed by atoms with Gasteiger partial charge in [-0.15, -0.1) is 0 Å². The van der Waals surface area contributed by atoms with Crippen molar-refractivity contribution in [2.75, 3.05) is 9.80 Å². The first kappa shape index (κ1) is 69.0. The van der Waals surface area contributed by atoms with Gasteiger partial charge in [-0.25, -0.2) is 0 Å². The summed E-state index contributed by atoms with van der Waals surface area (Å²) in [5.41, 5.74) is 31.2. The van der Waals surface area contributed by atoms with Gasteiger partial charge < -0.3 is 27.8 Å². The number of hydrogen-bond donors (Lipinski definition) is 0. The molecule has 4 aromatic heterocycles. The van der Waals surface area contributed by atoms with Crippen LogP contribution < -0.4 is 9.80 Å². The molecule has 0 fully saturated rings. The molecule has 6 nitrogen and oxygen atoms in total. The second kappa shape index (κ2) is 29.3. The molecule has 4 heterocycles. The summed E-state index contributed by atoms with van der Waals surface area (Å²) in [6.07, 6.45) is 0. The summed E-state index contributed by atoms with van der Waals surface area (Å²) in [4.78, 5) is 4.64. The number of furan rings is 2. The van der Waals surface area contributed by atoms with E-state index in [4.69, 9.17) is 8.83 Å². The molecule has 19 aromatic carbocycles. The molecule has 0 aliphatic carbocycles. The molecule has 0 radical (unpaired) electrons. The fourth-order valence-corrected chi connectivity index (χ4v) is 17.6. The minimum Gasteiger partial charge on any atom is -0.456 e. The number of benzene rings is 19. The van der Waals surface area contributed by atoms with Crippen LogP contribution in [0.5, 0.6) is 0 Å². The Bertz CT molecular complexity index is 7680. The van der Waals surface area contributed by atoms with E-state index in [-0.39, 0.29) is 0 Å². The number of nitrogens with zero attached hydrogens (tertiary/aromatic N) is 4. The third kappa shape index (κ3) is 12.6. The highest BCUT2D eigenvalue weighted by molar-refractivity contribution is 6.13. The van der Waals surface area contributed by atoms with Gasteiger partial charge >= 0.3 is 0 Å². The Morgan fingerprint density at radius 2 is 0.432 bits per heavy atom. The number of anilines is 6. The molecule has 23 rings (SSSR count). The monoisotopic (exact) mass is 1510 g/mol. The third-order valence-electron chi connectivity index (χ3n) is 23.3. The minimum absolute atomic E-state index is 0.895. The lowest BCUT2D eigenvalue weighted by molar-refractivity contribution is 0.668. The lowest BCUT2D eigenvalue weighted by atomic mass is 9.92. The average molecular weight is 1510 g/mol. The van der Waals surface area contributed by atoms with Crippen molar-refractivity contribution in [3.8, 4) is 78.1 Å². The second-order valence-corrected chi connectivity index (χ2v) is 30.4. The predicted molar refractivity (Wildman–Crippen MR) is 496 cm³/mol. The normalized spacial score (nSPS) is 11.6. The molecule has 0 N–H and O–H groups in total. The van der Waals surface area contributed by atoms with Gasteiger partial charge in [0.05, 0.1) is 22.1 Å². The van der Waals surface area contributed by atoms with E-state index in [0.29, 0.717) is 0 Å². The highest BCUT2D eigenvalue weighted by atomic mass is 16.3. The number of fused-ring (bicyclic) bond motifs is 13. The zero-order valence-corrected chi connectivity index (χ0v) is 64.3. The molecule has 0 amide bonds. The maximum Gasteiger partial charge on any atom is 0.135 e. The summed E-state index contributed by atoms with van der Waals surface area (Å²) < 4.78 is 17.2. The molecule has 0 bridgehead atoms. The summed E-state index contributed by atoms with van der Waals surface area (Å²) in [5, 5.41) is 11.9. The predicted octanol–water partition coefficient (Wildman–Crippen LogP) is 31.5. The Kier molecular flexibility index (Phi) is 17.1. The zero-order chi connectivity index (χ0) is 78.0. The zero-order valence-electron chi connectivity index (χ0n) is 64.3. The molecule has 0 atom stereocenters. The van der Waals surface area contributed by atoms with Crippen molar-refractivity contribution in [3.05, 3.63) is 449 Å². The van der Waals surface area contributed by atoms with Crippen LogP contribution in [0.4, 0.5) is 34.1 Å². The number of para-hydroxylation sites is 9. The van der Waals surface area contributed by atoms with Crippen LogP contribution in [-0.2, 0) is 0 Å². The van der Waals surface area contributed by atoms with Gasteiger partial charge in [0.2, 0.25) is 0 Å². The first-order chi connectivity index (χ1) is 58.5. The standard InChI is InChI=1S/C58H38N2O.C54H36N2O/c1-3-15-47(16-4-1)59(50-30-25-39-13-7-8-14-41(39)36-50)49-28-23-40(24-29-49)44-33-45(35-46(34-44)43-27-32-58-54(38-43)52-20-10-12-22-57(52)61-58)42-26-31-56-53(37-42)51-19-9-11-21-55(51)60(56)48-17-5-2-6-18-48;1-4-14-43(15-5-1)55(44-16-6-2-7-17-44)46-28-24-37(25-29-46)40-32-41(34-42(33-40)39-27-31-54-50(36-39)48-21-11-13-23-53(48)57-54)38-26-30-52-49(35-38)47-20-10-12-22-51(47)56(52)45-18-8-3-9-19-45/h1-38H;1-36H. The van der Waals surface area contributed by atoms with Crippen molar-refractivity contribution in [2.45, 2.75) is 0 Å². The van der Waals surface area contributed by atoms with E-state index in [0.717, 1.165) is 145 Å². The van der Waals surface area contributed by atoms with Gasteiger partial charge in [0, 0.05) is 88.6 Å². The van der Waals surface area contributed by atoms with Crippen LogP contribution in [0.3, 0.4) is 0 Å². The van der Waals surface area contributed by atoms with Crippen LogP contribution in [0.1, 0.15) is 0 Å². The third-order valence-corrected chi connectivity index (χ3v) is 23.3. The first-order valence-electron chi connectivity index (χ1n) is 40.2. The molecular weight excluding hydrogens is 1430 g/mol. The van der Waals surface area contributed by atoms with Crippen LogP contribution in [0.2, 0.25) is 0 Å². The van der Waals surface area contributed by atoms with E-state index in [1.54, 1.807) is 0 Å². The highest BCUT2D eigenvalue weighted by Gasteiger charge is 2.22. The van der Waals surface area contributed by atoms with Gasteiger partial charge in [-0.2, -0.15) is 0 Å². The van der Waals surface area contributed by atoms with E-state index in [1.165, 1.54) is 65.5 Å². The summed E-state index contributed by atoms with van der Waals surface area (Å²) in [7, 11) is 0. The molecule has 118 heavy (non-hydrogen) atoms. The molecule has 6 heteroatoms. The lowest BCUT2D eigenvalue weighted by Gasteiger charge is -2.26. The second-order valence-electron chi connectivity index (χ2n) is 30.4. The Labute approximate surface area is 682 Å². The molecule has 0 aliphatic rings. The van der Waals surface area contributed by atoms with Gasteiger partial charge in [0.1, 0.15) is 22.3 Å². The number of aromatic nitrogens is 2. The quantitative estimate of drug-likeness (QED) is 0.109.